The molecule has 90 valence electrons. The maximum absolute atomic E-state index is 11.7. The van der Waals surface area contributed by atoms with Crippen molar-refractivity contribution in [3.8, 4) is 0 Å². The van der Waals surface area contributed by atoms with Crippen LogP contribution >= 0.6 is 11.8 Å². The molecule has 0 spiro atoms. The second kappa shape index (κ2) is 5.45. The molecule has 16 heavy (non-hydrogen) atoms. The molecule has 1 rings (SSSR count). The third-order valence-corrected chi connectivity index (χ3v) is 2.95. The lowest BCUT2D eigenvalue weighted by Crippen LogP contribution is -2.15. The van der Waals surface area contributed by atoms with Gasteiger partial charge in [-0.05, 0) is 30.7 Å². The minimum absolute atomic E-state index is 0.254. The summed E-state index contributed by atoms with van der Waals surface area (Å²) in [6, 6.07) is 5.30. The summed E-state index contributed by atoms with van der Waals surface area (Å²) < 4.78 is 38.7. The van der Waals surface area contributed by atoms with Crippen LogP contribution in [0.4, 0.5) is 18.9 Å². The fraction of sp³-hybridized carbons (Fsp3) is 0.400. The van der Waals surface area contributed by atoms with E-state index in [1.54, 1.807) is 18.2 Å². The number of rotatable bonds is 4. The van der Waals surface area contributed by atoms with Crippen LogP contribution in [0.15, 0.2) is 23.1 Å². The summed E-state index contributed by atoms with van der Waals surface area (Å²) in [5, 5.41) is 0. The topological polar surface area (TPSA) is 35.2 Å². The van der Waals surface area contributed by atoms with E-state index in [4.69, 9.17) is 5.73 Å². The molecule has 0 aliphatic rings. The summed E-state index contributed by atoms with van der Waals surface area (Å²) in [5.74, 6) is 0.254. The number of hydrogen-bond acceptors (Lipinski definition) is 3. The molecule has 0 saturated carbocycles. The zero-order valence-electron chi connectivity index (χ0n) is 8.67. The van der Waals surface area contributed by atoms with Crippen LogP contribution in [0.3, 0.4) is 0 Å². The Morgan fingerprint density at radius 2 is 2.06 bits per heavy atom. The Bertz CT molecular complexity index is 354. The third kappa shape index (κ3) is 4.76. The number of nitrogen functional groups attached to an aromatic ring is 1. The van der Waals surface area contributed by atoms with Crippen molar-refractivity contribution >= 4 is 17.4 Å². The fourth-order valence-electron chi connectivity index (χ4n) is 1.14. The van der Waals surface area contributed by atoms with Crippen LogP contribution in [0.5, 0.6) is 0 Å². The average molecular weight is 251 g/mol. The van der Waals surface area contributed by atoms with E-state index in [-0.39, 0.29) is 12.4 Å². The van der Waals surface area contributed by atoms with Crippen molar-refractivity contribution in [3.63, 3.8) is 0 Å². The standard InChI is InChI=1S/C10H12F3NOS/c1-7-6-8(14)2-3-9(7)16-5-4-15-10(11,12)13/h2-3,6H,4-5,14H2,1H3. The van der Waals surface area contributed by atoms with E-state index in [1.165, 1.54) is 11.8 Å². The van der Waals surface area contributed by atoms with E-state index in [1.807, 2.05) is 6.92 Å². The molecule has 0 aliphatic carbocycles. The molecule has 0 aliphatic heterocycles. The molecule has 0 aromatic heterocycles. The highest BCUT2D eigenvalue weighted by Crippen LogP contribution is 2.25. The Labute approximate surface area is 96.0 Å². The molecule has 0 radical (unpaired) electrons. The average Bonchev–Trinajstić information content (AvgIpc) is 2.13. The highest BCUT2D eigenvalue weighted by Gasteiger charge is 2.28. The quantitative estimate of drug-likeness (QED) is 0.507. The Hall–Kier alpha value is -0.880. The smallest absolute Gasteiger partial charge is 0.399 e. The van der Waals surface area contributed by atoms with Gasteiger partial charge in [0.25, 0.3) is 0 Å². The number of hydrogen-bond donors (Lipinski definition) is 1. The minimum atomic E-state index is -4.54. The number of alkyl halides is 3. The maximum atomic E-state index is 11.7. The minimum Gasteiger partial charge on any atom is -0.399 e. The van der Waals surface area contributed by atoms with E-state index in [2.05, 4.69) is 4.74 Å². The van der Waals surface area contributed by atoms with Gasteiger partial charge in [-0.15, -0.1) is 24.9 Å². The van der Waals surface area contributed by atoms with Gasteiger partial charge >= 0.3 is 6.36 Å². The van der Waals surface area contributed by atoms with Crippen LogP contribution in [-0.2, 0) is 4.74 Å². The predicted octanol–water partition coefficient (Wildman–Crippen LogP) is 3.21. The van der Waals surface area contributed by atoms with Crippen LogP contribution in [0.1, 0.15) is 5.56 Å². The van der Waals surface area contributed by atoms with Gasteiger partial charge in [-0.25, -0.2) is 0 Å². The first-order chi connectivity index (χ1) is 7.38. The summed E-state index contributed by atoms with van der Waals surface area (Å²) in [5.41, 5.74) is 7.16. The molecule has 2 N–H and O–H groups in total. The highest BCUT2D eigenvalue weighted by molar-refractivity contribution is 7.99. The van der Waals surface area contributed by atoms with Gasteiger partial charge in [0, 0.05) is 16.3 Å². The van der Waals surface area contributed by atoms with Crippen molar-refractivity contribution in [2.75, 3.05) is 18.1 Å². The molecule has 1 aromatic carbocycles. The molecule has 1 aromatic rings. The lowest BCUT2D eigenvalue weighted by molar-refractivity contribution is -0.322. The molecule has 0 fully saturated rings. The van der Waals surface area contributed by atoms with E-state index >= 15 is 0 Å². The molecule has 0 unspecified atom stereocenters. The third-order valence-electron chi connectivity index (χ3n) is 1.81. The van der Waals surface area contributed by atoms with Gasteiger partial charge in [-0.1, -0.05) is 0 Å². The summed E-state index contributed by atoms with van der Waals surface area (Å²) >= 11 is 1.32. The lowest BCUT2D eigenvalue weighted by Gasteiger charge is -2.08. The zero-order valence-corrected chi connectivity index (χ0v) is 9.49. The Morgan fingerprint density at radius 3 is 2.62 bits per heavy atom. The first kappa shape index (κ1) is 13.2. The molecular weight excluding hydrogens is 239 g/mol. The van der Waals surface area contributed by atoms with Gasteiger partial charge in [-0.2, -0.15) is 0 Å². The van der Waals surface area contributed by atoms with Crippen molar-refractivity contribution in [3.05, 3.63) is 23.8 Å². The fourth-order valence-corrected chi connectivity index (χ4v) is 1.98. The number of benzene rings is 1. The van der Waals surface area contributed by atoms with Crippen LogP contribution < -0.4 is 5.73 Å². The second-order valence-corrected chi connectivity index (χ2v) is 4.30. The summed E-state index contributed by atoms with van der Waals surface area (Å²) in [4.78, 5) is 0.917. The maximum Gasteiger partial charge on any atom is 0.522 e. The Kier molecular flexibility index (Phi) is 4.49. The number of thioether (sulfide) groups is 1. The number of nitrogens with two attached hydrogens (primary N) is 1. The normalized spacial score (nSPS) is 11.8. The van der Waals surface area contributed by atoms with Gasteiger partial charge in [0.2, 0.25) is 0 Å². The molecule has 0 atom stereocenters. The van der Waals surface area contributed by atoms with Gasteiger partial charge in [0.05, 0.1) is 6.61 Å². The number of anilines is 1. The second-order valence-electron chi connectivity index (χ2n) is 3.17. The monoisotopic (exact) mass is 251 g/mol. The Balaban J connectivity index is 2.38. The lowest BCUT2D eigenvalue weighted by atomic mass is 10.2. The number of aryl methyl sites for hydroxylation is 1. The van der Waals surface area contributed by atoms with Crippen molar-refractivity contribution in [1.29, 1.82) is 0 Å². The van der Waals surface area contributed by atoms with E-state index < -0.39 is 6.36 Å². The van der Waals surface area contributed by atoms with Crippen molar-refractivity contribution < 1.29 is 17.9 Å². The zero-order chi connectivity index (χ0) is 12.2. The highest BCUT2D eigenvalue weighted by atomic mass is 32.2. The van der Waals surface area contributed by atoms with Gasteiger partial charge in [0.1, 0.15) is 0 Å². The Morgan fingerprint density at radius 1 is 1.38 bits per heavy atom. The largest absolute Gasteiger partial charge is 0.522 e. The van der Waals surface area contributed by atoms with E-state index in [0.29, 0.717) is 5.69 Å². The van der Waals surface area contributed by atoms with Crippen molar-refractivity contribution in [2.45, 2.75) is 18.2 Å². The molecule has 6 heteroatoms. The molecule has 0 bridgehead atoms. The van der Waals surface area contributed by atoms with Crippen LogP contribution in [0.25, 0.3) is 0 Å². The van der Waals surface area contributed by atoms with Crippen molar-refractivity contribution in [2.24, 2.45) is 0 Å². The van der Waals surface area contributed by atoms with E-state index in [9.17, 15) is 13.2 Å². The SMILES string of the molecule is Cc1cc(N)ccc1SCCOC(F)(F)F. The number of halogens is 3. The first-order valence-electron chi connectivity index (χ1n) is 4.58. The summed E-state index contributed by atoms with van der Waals surface area (Å²) in [7, 11) is 0. The van der Waals surface area contributed by atoms with Gasteiger partial charge in [-0.3, -0.25) is 4.74 Å². The number of ether oxygens (including phenoxy) is 1. The molecule has 0 saturated heterocycles. The summed E-state index contributed by atoms with van der Waals surface area (Å²) in [6.07, 6.45) is -4.54. The van der Waals surface area contributed by atoms with Crippen LogP contribution in [-0.4, -0.2) is 18.7 Å². The van der Waals surface area contributed by atoms with Crippen LogP contribution in [0, 0.1) is 6.92 Å². The van der Waals surface area contributed by atoms with E-state index in [0.717, 1.165) is 10.5 Å². The predicted molar refractivity (Wildman–Crippen MR) is 58.3 cm³/mol. The van der Waals surface area contributed by atoms with Gasteiger partial charge in [0.15, 0.2) is 0 Å². The molecule has 0 amide bonds. The van der Waals surface area contributed by atoms with Crippen LogP contribution in [0.2, 0.25) is 0 Å². The molecule has 0 heterocycles. The molecular formula is C10H12F3NOS. The first-order valence-corrected chi connectivity index (χ1v) is 5.56. The van der Waals surface area contributed by atoms with Crippen molar-refractivity contribution in [1.82, 2.24) is 0 Å². The molecule has 2 nitrogen and oxygen atoms in total. The van der Waals surface area contributed by atoms with Gasteiger partial charge < -0.3 is 5.73 Å². The summed E-state index contributed by atoms with van der Waals surface area (Å²) in [6.45, 7) is 1.52.